The summed E-state index contributed by atoms with van der Waals surface area (Å²) < 4.78 is 22.2. The Labute approximate surface area is 209 Å². The van der Waals surface area contributed by atoms with E-state index in [0.29, 0.717) is 11.5 Å². The summed E-state index contributed by atoms with van der Waals surface area (Å²) >= 11 is 0. The Morgan fingerprint density at radius 1 is 0.771 bits per heavy atom. The maximum Gasteiger partial charge on any atom is 0.457 e. The highest BCUT2D eigenvalue weighted by Gasteiger charge is 2.40. The van der Waals surface area contributed by atoms with Crippen LogP contribution in [0.4, 0.5) is 0 Å². The van der Waals surface area contributed by atoms with E-state index in [-0.39, 0.29) is 23.7 Å². The fraction of sp³-hybridized carbons (Fsp3) is 0.538. The van der Waals surface area contributed by atoms with Gasteiger partial charge in [0.15, 0.2) is 0 Å². The zero-order chi connectivity index (χ0) is 26.2. The standard InChI is InChI=1S/C26H38N2O6Si/c1-17(2)19(5)23(27-15-21-11-9-13-31-21)25(29)33-35(7,8)34-26(30)24(20(6)18(3)4)28-16-22-12-10-14-32-22/h9-20,23-24H,1-8H3/t19-,20-,23-,24+/m1/s1. The van der Waals surface area contributed by atoms with E-state index >= 15 is 0 Å². The molecule has 0 bridgehead atoms. The number of carbonyl (C=O) groups is 2. The van der Waals surface area contributed by atoms with Gasteiger partial charge in [-0.1, -0.05) is 41.5 Å². The highest BCUT2D eigenvalue weighted by Crippen LogP contribution is 2.24. The lowest BCUT2D eigenvalue weighted by Crippen LogP contribution is -2.46. The first kappa shape index (κ1) is 28.3. The maximum absolute atomic E-state index is 13.2. The second kappa shape index (κ2) is 12.7. The molecule has 0 N–H and O–H groups in total. The molecule has 0 saturated carbocycles. The molecule has 35 heavy (non-hydrogen) atoms. The number of rotatable bonds is 12. The van der Waals surface area contributed by atoms with Gasteiger partial charge >= 0.3 is 20.5 Å². The summed E-state index contributed by atoms with van der Waals surface area (Å²) in [6.07, 6.45) is 6.13. The Hall–Kier alpha value is -2.94. The van der Waals surface area contributed by atoms with Crippen molar-refractivity contribution < 1.29 is 27.3 Å². The van der Waals surface area contributed by atoms with Gasteiger partial charge in [-0.3, -0.25) is 19.6 Å². The first-order valence-corrected chi connectivity index (χ1v) is 14.8. The van der Waals surface area contributed by atoms with Gasteiger partial charge in [-0.05, 0) is 47.9 Å². The van der Waals surface area contributed by atoms with Crippen LogP contribution in [0.1, 0.15) is 53.1 Å². The van der Waals surface area contributed by atoms with E-state index < -0.39 is 32.6 Å². The predicted molar refractivity (Wildman–Crippen MR) is 138 cm³/mol. The SMILES string of the molecule is CC(C)[C@@H](C)[C@H](N=Cc1ccco1)C(=O)O[Si](C)(C)OC(=O)[C@H](N=Cc1ccco1)[C@H](C)C(C)C. The number of hydrogen-bond donors (Lipinski definition) is 0. The van der Waals surface area contributed by atoms with Gasteiger partial charge in [0.1, 0.15) is 23.6 Å². The number of carbonyl (C=O) groups excluding carboxylic acids is 2. The molecule has 0 radical (unpaired) electrons. The van der Waals surface area contributed by atoms with Crippen molar-refractivity contribution in [2.45, 2.75) is 66.7 Å². The van der Waals surface area contributed by atoms with Gasteiger partial charge in [-0.25, -0.2) is 0 Å². The van der Waals surface area contributed by atoms with Gasteiger partial charge < -0.3 is 17.7 Å². The smallest absolute Gasteiger partial charge is 0.457 e. The minimum atomic E-state index is -3.20. The minimum absolute atomic E-state index is 0.0965. The number of hydrogen-bond acceptors (Lipinski definition) is 8. The van der Waals surface area contributed by atoms with E-state index in [1.54, 1.807) is 49.9 Å². The molecular weight excluding hydrogens is 464 g/mol. The average Bonchev–Trinajstić information content (AvgIpc) is 3.47. The molecule has 9 heteroatoms. The lowest BCUT2D eigenvalue weighted by molar-refractivity contribution is -0.144. The Bertz CT molecular complexity index is 901. The summed E-state index contributed by atoms with van der Waals surface area (Å²) in [6.45, 7) is 15.3. The molecule has 0 aliphatic rings. The second-order valence-corrected chi connectivity index (χ2v) is 13.1. The van der Waals surface area contributed by atoms with E-state index in [1.165, 1.54) is 12.4 Å². The molecule has 2 rings (SSSR count). The van der Waals surface area contributed by atoms with Crippen molar-refractivity contribution in [1.82, 2.24) is 0 Å². The number of furan rings is 2. The summed E-state index contributed by atoms with van der Waals surface area (Å²) in [6, 6.07) is 5.50. The van der Waals surface area contributed by atoms with E-state index in [9.17, 15) is 9.59 Å². The molecule has 0 aromatic carbocycles. The first-order chi connectivity index (χ1) is 16.4. The average molecular weight is 503 g/mol. The van der Waals surface area contributed by atoms with Gasteiger partial charge in [0.05, 0.1) is 25.0 Å². The van der Waals surface area contributed by atoms with Crippen molar-refractivity contribution in [3.05, 3.63) is 48.3 Å². The topological polar surface area (TPSA) is 104 Å². The highest BCUT2D eigenvalue weighted by molar-refractivity contribution is 6.67. The Morgan fingerprint density at radius 2 is 1.14 bits per heavy atom. The normalized spacial score (nSPS) is 16.1. The predicted octanol–water partition coefficient (Wildman–Crippen LogP) is 5.52. The van der Waals surface area contributed by atoms with Crippen LogP contribution in [0.3, 0.4) is 0 Å². The fourth-order valence-electron chi connectivity index (χ4n) is 3.21. The van der Waals surface area contributed by atoms with E-state index in [4.69, 9.17) is 17.7 Å². The third-order valence-electron chi connectivity index (χ3n) is 6.09. The first-order valence-electron chi connectivity index (χ1n) is 12.0. The van der Waals surface area contributed by atoms with Crippen molar-refractivity contribution in [3.8, 4) is 0 Å². The van der Waals surface area contributed by atoms with Crippen molar-refractivity contribution in [1.29, 1.82) is 0 Å². The molecule has 4 atom stereocenters. The molecule has 0 aliphatic carbocycles. The summed E-state index contributed by atoms with van der Waals surface area (Å²) in [5.74, 6) is 0.212. The zero-order valence-corrected chi connectivity index (χ0v) is 22.9. The Morgan fingerprint density at radius 3 is 1.43 bits per heavy atom. The summed E-state index contributed by atoms with van der Waals surface area (Å²) in [5, 5.41) is 0. The van der Waals surface area contributed by atoms with E-state index in [0.717, 1.165) is 0 Å². The largest absolute Gasteiger partial charge is 0.483 e. The molecule has 0 saturated heterocycles. The number of nitrogens with zero attached hydrogens (tertiary/aromatic N) is 2. The lowest BCUT2D eigenvalue weighted by atomic mass is 9.91. The second-order valence-electron chi connectivity index (χ2n) is 9.93. The summed E-state index contributed by atoms with van der Waals surface area (Å²) in [4.78, 5) is 35.2. The molecular formula is C26H38N2O6Si. The van der Waals surface area contributed by atoms with Crippen LogP contribution in [0.15, 0.2) is 55.6 Å². The van der Waals surface area contributed by atoms with Gasteiger partial charge in [-0.15, -0.1) is 0 Å². The molecule has 8 nitrogen and oxygen atoms in total. The highest BCUT2D eigenvalue weighted by atomic mass is 28.4. The van der Waals surface area contributed by atoms with Crippen LogP contribution in [0.5, 0.6) is 0 Å². The van der Waals surface area contributed by atoms with Crippen LogP contribution in [0, 0.1) is 23.7 Å². The fourth-order valence-corrected chi connectivity index (χ4v) is 4.47. The van der Waals surface area contributed by atoms with Crippen LogP contribution in [0.2, 0.25) is 13.1 Å². The van der Waals surface area contributed by atoms with Crippen molar-refractivity contribution in [3.63, 3.8) is 0 Å². The van der Waals surface area contributed by atoms with Gasteiger partial charge in [-0.2, -0.15) is 0 Å². The van der Waals surface area contributed by atoms with E-state index in [2.05, 4.69) is 9.98 Å². The van der Waals surface area contributed by atoms with E-state index in [1.807, 2.05) is 41.5 Å². The van der Waals surface area contributed by atoms with Crippen LogP contribution in [0.25, 0.3) is 0 Å². The molecule has 0 unspecified atom stereocenters. The minimum Gasteiger partial charge on any atom is -0.483 e. The van der Waals surface area contributed by atoms with Crippen molar-refractivity contribution >= 4 is 32.9 Å². The molecule has 2 aromatic rings. The Balaban J connectivity index is 2.16. The lowest BCUT2D eigenvalue weighted by Gasteiger charge is -2.29. The molecule has 0 aliphatic heterocycles. The maximum atomic E-state index is 13.2. The third-order valence-corrected chi connectivity index (χ3v) is 7.47. The summed E-state index contributed by atoms with van der Waals surface area (Å²) in [7, 11) is -3.20. The molecule has 2 heterocycles. The Kier molecular flexibility index (Phi) is 10.2. The van der Waals surface area contributed by atoms with Crippen LogP contribution >= 0.6 is 0 Å². The van der Waals surface area contributed by atoms with Crippen LogP contribution in [-0.4, -0.2) is 45.0 Å². The van der Waals surface area contributed by atoms with Crippen molar-refractivity contribution in [2.75, 3.05) is 0 Å². The van der Waals surface area contributed by atoms with Crippen LogP contribution < -0.4 is 0 Å². The molecule has 0 spiro atoms. The van der Waals surface area contributed by atoms with Crippen LogP contribution in [-0.2, 0) is 18.4 Å². The molecule has 192 valence electrons. The van der Waals surface area contributed by atoms with Crippen molar-refractivity contribution in [2.24, 2.45) is 33.7 Å². The summed E-state index contributed by atoms with van der Waals surface area (Å²) in [5.41, 5.74) is 0. The third kappa shape index (κ3) is 8.65. The quantitative estimate of drug-likeness (QED) is 0.280. The van der Waals surface area contributed by atoms with Gasteiger partial charge in [0.25, 0.3) is 0 Å². The molecule has 0 fully saturated rings. The molecule has 2 aromatic heterocycles. The monoisotopic (exact) mass is 502 g/mol. The van der Waals surface area contributed by atoms with Gasteiger partial charge in [0, 0.05) is 13.1 Å². The molecule has 0 amide bonds. The zero-order valence-electron chi connectivity index (χ0n) is 21.9. The number of aliphatic imine (C=N–C) groups is 2. The van der Waals surface area contributed by atoms with Gasteiger partial charge in [0.2, 0.25) is 0 Å².